The van der Waals surface area contributed by atoms with Gasteiger partial charge in [0.2, 0.25) is 0 Å². The van der Waals surface area contributed by atoms with Crippen LogP contribution >= 0.6 is 0 Å². The minimum absolute atomic E-state index is 0.0534. The highest BCUT2D eigenvalue weighted by Crippen LogP contribution is 2.37. The smallest absolute Gasteiger partial charge is 0.0682 e. The third-order valence-corrected chi connectivity index (χ3v) is 3.90. The number of aliphatic hydroxyl groups excluding tert-OH is 2. The fourth-order valence-electron chi connectivity index (χ4n) is 3.00. The van der Waals surface area contributed by atoms with Crippen molar-refractivity contribution in [2.75, 3.05) is 6.61 Å². The molecular formula is C17H19NO2. The minimum atomic E-state index is 0.0534. The van der Waals surface area contributed by atoms with E-state index in [2.05, 4.69) is 29.6 Å². The van der Waals surface area contributed by atoms with Crippen molar-refractivity contribution in [3.8, 4) is 11.1 Å². The van der Waals surface area contributed by atoms with Gasteiger partial charge in [0.25, 0.3) is 0 Å². The Kier molecular flexibility index (Phi) is 3.83. The van der Waals surface area contributed by atoms with E-state index in [4.69, 9.17) is 0 Å². The van der Waals surface area contributed by atoms with Crippen molar-refractivity contribution in [3.05, 3.63) is 59.2 Å². The van der Waals surface area contributed by atoms with Crippen LogP contribution in [0.3, 0.4) is 0 Å². The molecule has 2 aromatic rings. The van der Waals surface area contributed by atoms with E-state index >= 15 is 0 Å². The molecule has 1 heterocycles. The first-order valence-corrected chi connectivity index (χ1v) is 6.99. The second-order valence-corrected chi connectivity index (χ2v) is 5.19. The number of hydrogen-bond donors (Lipinski definition) is 3. The van der Waals surface area contributed by atoms with Gasteiger partial charge in [0, 0.05) is 19.2 Å². The fourth-order valence-corrected chi connectivity index (χ4v) is 3.00. The molecule has 0 radical (unpaired) electrons. The summed E-state index contributed by atoms with van der Waals surface area (Å²) in [5, 5.41) is 22.1. The predicted molar refractivity (Wildman–Crippen MR) is 79.1 cm³/mol. The molecule has 0 bridgehead atoms. The molecule has 0 unspecified atom stereocenters. The van der Waals surface area contributed by atoms with Crippen LogP contribution in [0.15, 0.2) is 42.5 Å². The maximum Gasteiger partial charge on any atom is 0.0682 e. The SMILES string of the molecule is OCC[C@@H]1NCc2cc(CO)cc(-c3ccccc3)c21. The Balaban J connectivity index is 2.14. The van der Waals surface area contributed by atoms with Crippen molar-refractivity contribution in [1.82, 2.24) is 5.32 Å². The van der Waals surface area contributed by atoms with Crippen LogP contribution < -0.4 is 5.32 Å². The third-order valence-electron chi connectivity index (χ3n) is 3.90. The molecule has 3 heteroatoms. The van der Waals surface area contributed by atoms with Crippen LogP contribution in [-0.2, 0) is 13.2 Å². The van der Waals surface area contributed by atoms with Crippen LogP contribution in [0.5, 0.6) is 0 Å². The summed E-state index contributed by atoms with van der Waals surface area (Å²) >= 11 is 0. The van der Waals surface area contributed by atoms with Gasteiger partial charge in [-0.15, -0.1) is 0 Å². The van der Waals surface area contributed by atoms with Crippen molar-refractivity contribution in [2.24, 2.45) is 0 Å². The van der Waals surface area contributed by atoms with Crippen LogP contribution in [0.4, 0.5) is 0 Å². The second kappa shape index (κ2) is 5.75. The van der Waals surface area contributed by atoms with Crippen LogP contribution in [0.2, 0.25) is 0 Å². The van der Waals surface area contributed by atoms with Gasteiger partial charge in [0.05, 0.1) is 6.61 Å². The Hall–Kier alpha value is -1.68. The normalized spacial score (nSPS) is 17.2. The number of nitrogens with one attached hydrogen (secondary N) is 1. The average Bonchev–Trinajstić information content (AvgIpc) is 2.91. The lowest BCUT2D eigenvalue weighted by Gasteiger charge is -2.16. The Morgan fingerprint density at radius 1 is 1.10 bits per heavy atom. The summed E-state index contributed by atoms with van der Waals surface area (Å²) in [5.41, 5.74) is 5.76. The first-order chi connectivity index (χ1) is 9.83. The zero-order chi connectivity index (χ0) is 13.9. The average molecular weight is 269 g/mol. The summed E-state index contributed by atoms with van der Waals surface area (Å²) in [6.07, 6.45) is 0.714. The number of hydrogen-bond acceptors (Lipinski definition) is 3. The van der Waals surface area contributed by atoms with E-state index in [1.54, 1.807) is 0 Å². The Morgan fingerprint density at radius 2 is 1.90 bits per heavy atom. The van der Waals surface area contributed by atoms with Crippen molar-refractivity contribution in [1.29, 1.82) is 0 Å². The Labute approximate surface area is 118 Å². The highest BCUT2D eigenvalue weighted by Gasteiger charge is 2.25. The van der Waals surface area contributed by atoms with Gasteiger partial charge in [0.1, 0.15) is 0 Å². The first kappa shape index (κ1) is 13.3. The van der Waals surface area contributed by atoms with E-state index in [1.807, 2.05) is 18.2 Å². The molecule has 1 atom stereocenters. The van der Waals surface area contributed by atoms with E-state index in [1.165, 1.54) is 11.1 Å². The largest absolute Gasteiger partial charge is 0.396 e. The zero-order valence-electron chi connectivity index (χ0n) is 11.3. The molecule has 3 rings (SSSR count). The molecule has 3 N–H and O–H groups in total. The van der Waals surface area contributed by atoms with Crippen molar-refractivity contribution < 1.29 is 10.2 Å². The number of benzene rings is 2. The monoisotopic (exact) mass is 269 g/mol. The van der Waals surface area contributed by atoms with Gasteiger partial charge in [-0.3, -0.25) is 0 Å². The number of aliphatic hydroxyl groups is 2. The first-order valence-electron chi connectivity index (χ1n) is 6.99. The maximum atomic E-state index is 9.45. The van der Waals surface area contributed by atoms with Crippen molar-refractivity contribution in [3.63, 3.8) is 0 Å². The lowest BCUT2D eigenvalue weighted by Crippen LogP contribution is -2.13. The minimum Gasteiger partial charge on any atom is -0.396 e. The summed E-state index contributed by atoms with van der Waals surface area (Å²) < 4.78 is 0. The van der Waals surface area contributed by atoms with Crippen molar-refractivity contribution in [2.45, 2.75) is 25.6 Å². The summed E-state index contributed by atoms with van der Waals surface area (Å²) in [6, 6.07) is 14.5. The van der Waals surface area contributed by atoms with Crippen LogP contribution in [0, 0.1) is 0 Å². The van der Waals surface area contributed by atoms with Gasteiger partial charge in [-0.1, -0.05) is 36.4 Å². The van der Waals surface area contributed by atoms with E-state index in [9.17, 15) is 10.2 Å². The molecule has 0 aromatic heterocycles. The molecule has 0 amide bonds. The van der Waals surface area contributed by atoms with Gasteiger partial charge in [0.15, 0.2) is 0 Å². The van der Waals surface area contributed by atoms with E-state index in [-0.39, 0.29) is 19.3 Å². The quantitative estimate of drug-likeness (QED) is 0.798. The molecule has 20 heavy (non-hydrogen) atoms. The molecule has 0 saturated carbocycles. The van der Waals surface area contributed by atoms with Crippen LogP contribution in [0.25, 0.3) is 11.1 Å². The lowest BCUT2D eigenvalue weighted by molar-refractivity contribution is 0.269. The molecular weight excluding hydrogens is 250 g/mol. The molecule has 0 aliphatic carbocycles. The molecule has 0 spiro atoms. The summed E-state index contributed by atoms with van der Waals surface area (Å²) in [7, 11) is 0. The molecule has 3 nitrogen and oxygen atoms in total. The highest BCUT2D eigenvalue weighted by molar-refractivity contribution is 5.71. The zero-order valence-corrected chi connectivity index (χ0v) is 11.3. The highest BCUT2D eigenvalue weighted by atomic mass is 16.3. The predicted octanol–water partition coefficient (Wildman–Crippen LogP) is 2.37. The molecule has 0 fully saturated rings. The third kappa shape index (κ3) is 2.36. The summed E-state index contributed by atoms with van der Waals surface area (Å²) in [6.45, 7) is 1.03. The van der Waals surface area contributed by atoms with E-state index < -0.39 is 0 Å². The van der Waals surface area contributed by atoms with Crippen molar-refractivity contribution >= 4 is 0 Å². The van der Waals surface area contributed by atoms with Gasteiger partial charge in [-0.2, -0.15) is 0 Å². The van der Waals surface area contributed by atoms with Crippen LogP contribution in [-0.4, -0.2) is 16.8 Å². The second-order valence-electron chi connectivity index (χ2n) is 5.19. The summed E-state index contributed by atoms with van der Waals surface area (Å²) in [4.78, 5) is 0. The number of rotatable bonds is 4. The van der Waals surface area contributed by atoms with E-state index in [0.717, 1.165) is 23.2 Å². The number of fused-ring (bicyclic) bond motifs is 1. The van der Waals surface area contributed by atoms with Gasteiger partial charge in [-0.05, 0) is 40.3 Å². The molecule has 104 valence electrons. The topological polar surface area (TPSA) is 52.5 Å². The molecule has 0 saturated heterocycles. The van der Waals surface area contributed by atoms with Crippen LogP contribution in [0.1, 0.15) is 29.2 Å². The van der Waals surface area contributed by atoms with E-state index in [0.29, 0.717) is 6.42 Å². The summed E-state index contributed by atoms with van der Waals surface area (Å²) in [5.74, 6) is 0. The fraction of sp³-hybridized carbons (Fsp3) is 0.294. The Morgan fingerprint density at radius 3 is 2.60 bits per heavy atom. The molecule has 1 aliphatic heterocycles. The lowest BCUT2D eigenvalue weighted by atomic mass is 9.90. The van der Waals surface area contributed by atoms with Gasteiger partial charge < -0.3 is 15.5 Å². The van der Waals surface area contributed by atoms with Gasteiger partial charge >= 0.3 is 0 Å². The standard InChI is InChI=1S/C17H19NO2/c19-7-6-16-17-14(10-18-16)8-12(11-20)9-15(17)13-4-2-1-3-5-13/h1-5,8-9,16,18-20H,6-7,10-11H2/t16-/m0/s1. The maximum absolute atomic E-state index is 9.45. The van der Waals surface area contributed by atoms with Gasteiger partial charge in [-0.25, -0.2) is 0 Å². The Bertz CT molecular complexity index is 595. The molecule has 1 aliphatic rings. The molecule has 2 aromatic carbocycles.